The van der Waals surface area contributed by atoms with E-state index in [0.29, 0.717) is 0 Å². The van der Waals surface area contributed by atoms with Gasteiger partial charge in [-0.3, -0.25) is 4.99 Å². The molecule has 8 heteroatoms. The zero-order valence-electron chi connectivity index (χ0n) is 14.3. The molecule has 0 aliphatic rings. The van der Waals surface area contributed by atoms with Crippen LogP contribution in [0.2, 0.25) is 10.0 Å². The van der Waals surface area contributed by atoms with Crippen molar-refractivity contribution in [2.24, 2.45) is 4.99 Å². The van der Waals surface area contributed by atoms with Crippen LogP contribution in [0.1, 0.15) is 38.1 Å². The van der Waals surface area contributed by atoms with E-state index in [2.05, 4.69) is 4.99 Å². The minimum absolute atomic E-state index is 0.0194. The largest absolute Gasteiger partial charge is 0.512 e. The Hall–Kier alpha value is -2.05. The molecule has 0 spiro atoms. The van der Waals surface area contributed by atoms with Crippen molar-refractivity contribution in [2.75, 3.05) is 6.61 Å². The zero-order chi connectivity index (χ0) is 19.1. The van der Waals surface area contributed by atoms with Gasteiger partial charge in [-0.2, -0.15) is 0 Å². The lowest BCUT2D eigenvalue weighted by Crippen LogP contribution is -2.12. The number of halogens is 2. The first-order valence-corrected chi connectivity index (χ1v) is 8.24. The molecule has 1 aromatic carbocycles. The number of ether oxygens (including phenoxy) is 2. The second kappa shape index (κ2) is 9.44. The van der Waals surface area contributed by atoms with E-state index in [1.807, 2.05) is 0 Å². The van der Waals surface area contributed by atoms with Crippen LogP contribution in [0, 0.1) is 0 Å². The van der Waals surface area contributed by atoms with E-state index in [1.54, 1.807) is 20.8 Å². The summed E-state index contributed by atoms with van der Waals surface area (Å²) >= 11 is 12.2. The first-order valence-electron chi connectivity index (χ1n) is 7.49. The van der Waals surface area contributed by atoms with Crippen LogP contribution in [-0.2, 0) is 14.3 Å². The van der Waals surface area contributed by atoms with Gasteiger partial charge in [0.1, 0.15) is 11.3 Å². The fraction of sp³-hybridized carbons (Fsp3) is 0.353. The Morgan fingerprint density at radius 3 is 2.48 bits per heavy atom. The number of esters is 2. The van der Waals surface area contributed by atoms with Crippen molar-refractivity contribution in [3.63, 3.8) is 0 Å². The molecule has 0 saturated heterocycles. The van der Waals surface area contributed by atoms with Gasteiger partial charge < -0.3 is 14.6 Å². The molecular weight excluding hydrogens is 369 g/mol. The Morgan fingerprint density at radius 1 is 1.32 bits per heavy atom. The quantitative estimate of drug-likeness (QED) is 0.332. The molecule has 0 unspecified atom stereocenters. The Morgan fingerprint density at radius 2 is 1.96 bits per heavy atom. The summed E-state index contributed by atoms with van der Waals surface area (Å²) < 4.78 is 9.94. The van der Waals surface area contributed by atoms with Crippen molar-refractivity contribution in [1.29, 1.82) is 0 Å². The standard InChI is InChI=1S/C17H19Cl2NO5/c1-5-24-16(22)11(10(4)21)8-20-13-7-6-12(18)14(15(13)19)17(23)25-9(2)3/h6-9,21H,5H2,1-4H3. The van der Waals surface area contributed by atoms with E-state index < -0.39 is 11.9 Å². The number of hydrogen-bond donors (Lipinski definition) is 1. The summed E-state index contributed by atoms with van der Waals surface area (Å²) in [6.45, 7) is 6.51. The lowest BCUT2D eigenvalue weighted by molar-refractivity contribution is -0.138. The molecule has 0 aliphatic heterocycles. The third kappa shape index (κ3) is 5.76. The summed E-state index contributed by atoms with van der Waals surface area (Å²) in [6.07, 6.45) is 0.766. The molecule has 0 radical (unpaired) electrons. The van der Waals surface area contributed by atoms with E-state index in [0.717, 1.165) is 6.21 Å². The van der Waals surface area contributed by atoms with Gasteiger partial charge in [0.05, 0.1) is 34.0 Å². The van der Waals surface area contributed by atoms with Crippen molar-refractivity contribution in [1.82, 2.24) is 0 Å². The minimum atomic E-state index is -0.726. The molecule has 0 atom stereocenters. The van der Waals surface area contributed by atoms with Gasteiger partial charge in [-0.15, -0.1) is 0 Å². The van der Waals surface area contributed by atoms with E-state index >= 15 is 0 Å². The van der Waals surface area contributed by atoms with Crippen molar-refractivity contribution in [3.8, 4) is 0 Å². The second-order valence-corrected chi connectivity index (χ2v) is 5.97. The summed E-state index contributed by atoms with van der Waals surface area (Å²) in [5.74, 6) is -1.66. The van der Waals surface area contributed by atoms with E-state index in [9.17, 15) is 14.7 Å². The van der Waals surface area contributed by atoms with Crippen molar-refractivity contribution < 1.29 is 24.2 Å². The van der Waals surface area contributed by atoms with Crippen LogP contribution in [0.3, 0.4) is 0 Å². The van der Waals surface area contributed by atoms with Gasteiger partial charge in [0, 0.05) is 6.21 Å². The van der Waals surface area contributed by atoms with Gasteiger partial charge in [-0.25, -0.2) is 9.59 Å². The van der Waals surface area contributed by atoms with Gasteiger partial charge >= 0.3 is 11.9 Å². The molecule has 0 fully saturated rings. The molecule has 0 bridgehead atoms. The maximum atomic E-state index is 12.1. The Kier molecular flexibility index (Phi) is 7.93. The Balaban J connectivity index is 3.25. The molecule has 0 aliphatic carbocycles. The van der Waals surface area contributed by atoms with Crippen LogP contribution in [-0.4, -0.2) is 36.0 Å². The predicted octanol–water partition coefficient (Wildman–Crippen LogP) is 4.66. The highest BCUT2D eigenvalue weighted by Gasteiger charge is 2.20. The first kappa shape index (κ1) is 21.0. The van der Waals surface area contributed by atoms with Gasteiger partial charge in [0.25, 0.3) is 0 Å². The van der Waals surface area contributed by atoms with E-state index in [4.69, 9.17) is 32.7 Å². The molecule has 0 heterocycles. The predicted molar refractivity (Wildman–Crippen MR) is 97.1 cm³/mol. The molecule has 0 amide bonds. The lowest BCUT2D eigenvalue weighted by Gasteiger charge is -2.11. The highest BCUT2D eigenvalue weighted by atomic mass is 35.5. The monoisotopic (exact) mass is 387 g/mol. The minimum Gasteiger partial charge on any atom is -0.512 e. The van der Waals surface area contributed by atoms with Crippen LogP contribution in [0.25, 0.3) is 0 Å². The maximum absolute atomic E-state index is 12.1. The average Bonchev–Trinajstić information content (AvgIpc) is 2.48. The highest BCUT2D eigenvalue weighted by molar-refractivity contribution is 6.41. The summed E-state index contributed by atoms with van der Waals surface area (Å²) in [4.78, 5) is 28.0. The average molecular weight is 388 g/mol. The van der Waals surface area contributed by atoms with Gasteiger partial charge in [-0.1, -0.05) is 23.2 Å². The zero-order valence-corrected chi connectivity index (χ0v) is 15.8. The molecule has 6 nitrogen and oxygen atoms in total. The molecular formula is C17H19Cl2NO5. The number of carbonyl (C=O) groups excluding carboxylic acids is 2. The lowest BCUT2D eigenvalue weighted by atomic mass is 10.2. The molecule has 1 rings (SSSR count). The third-order valence-electron chi connectivity index (χ3n) is 2.84. The normalized spacial score (nSPS) is 12.3. The molecule has 136 valence electrons. The maximum Gasteiger partial charge on any atom is 0.343 e. The third-order valence-corrected chi connectivity index (χ3v) is 3.53. The molecule has 25 heavy (non-hydrogen) atoms. The van der Waals surface area contributed by atoms with Crippen LogP contribution >= 0.6 is 23.2 Å². The number of aliphatic hydroxyl groups excluding tert-OH is 1. The van der Waals surface area contributed by atoms with Crippen LogP contribution < -0.4 is 0 Å². The molecule has 1 aromatic rings. The van der Waals surface area contributed by atoms with Crippen LogP contribution in [0.4, 0.5) is 5.69 Å². The van der Waals surface area contributed by atoms with Gasteiger partial charge in [0.2, 0.25) is 0 Å². The fourth-order valence-corrected chi connectivity index (χ4v) is 2.31. The van der Waals surface area contributed by atoms with Crippen molar-refractivity contribution in [2.45, 2.75) is 33.8 Å². The number of rotatable bonds is 6. The van der Waals surface area contributed by atoms with Crippen LogP contribution in [0.5, 0.6) is 0 Å². The SMILES string of the molecule is CCOC(=O)C(C=Nc1ccc(Cl)c(C(=O)OC(C)C)c1Cl)=C(C)O. The van der Waals surface area contributed by atoms with Gasteiger partial charge in [0.15, 0.2) is 0 Å². The summed E-state index contributed by atoms with van der Waals surface area (Å²) in [7, 11) is 0. The number of carbonyl (C=O) groups is 2. The number of allylic oxidation sites excluding steroid dienone is 1. The molecule has 0 saturated carbocycles. The summed E-state index contributed by atoms with van der Waals surface area (Å²) in [5.41, 5.74) is 0.0399. The summed E-state index contributed by atoms with van der Waals surface area (Å²) in [5, 5.41) is 9.70. The fourth-order valence-electron chi connectivity index (χ4n) is 1.74. The summed E-state index contributed by atoms with van der Waals surface area (Å²) in [6, 6.07) is 2.92. The molecule has 1 N–H and O–H groups in total. The van der Waals surface area contributed by atoms with Gasteiger partial charge in [-0.05, 0) is 39.8 Å². The highest BCUT2D eigenvalue weighted by Crippen LogP contribution is 2.34. The Bertz CT molecular complexity index is 722. The molecule has 0 aromatic heterocycles. The number of benzene rings is 1. The van der Waals surface area contributed by atoms with E-state index in [-0.39, 0.29) is 45.3 Å². The first-order chi connectivity index (χ1) is 11.7. The topological polar surface area (TPSA) is 85.2 Å². The smallest absolute Gasteiger partial charge is 0.343 e. The van der Waals surface area contributed by atoms with Crippen molar-refractivity contribution in [3.05, 3.63) is 39.1 Å². The number of hydrogen-bond acceptors (Lipinski definition) is 6. The number of aliphatic hydroxyl groups is 1. The number of aliphatic imine (C=N–C) groups is 1. The second-order valence-electron chi connectivity index (χ2n) is 5.19. The van der Waals surface area contributed by atoms with Crippen molar-refractivity contribution >= 4 is 47.0 Å². The van der Waals surface area contributed by atoms with E-state index in [1.165, 1.54) is 19.1 Å². The Labute approximate surface area is 156 Å². The number of nitrogens with zero attached hydrogens (tertiary/aromatic N) is 1. The van der Waals surface area contributed by atoms with Crippen LogP contribution in [0.15, 0.2) is 28.5 Å².